The highest BCUT2D eigenvalue weighted by Crippen LogP contribution is 2.21. The van der Waals surface area contributed by atoms with E-state index in [1.165, 1.54) is 11.1 Å². The number of rotatable bonds is 4. The summed E-state index contributed by atoms with van der Waals surface area (Å²) in [5.74, 6) is -1.18. The van der Waals surface area contributed by atoms with Gasteiger partial charge >= 0.3 is 5.97 Å². The van der Waals surface area contributed by atoms with Gasteiger partial charge in [-0.2, -0.15) is 0 Å². The highest BCUT2D eigenvalue weighted by molar-refractivity contribution is 5.86. The van der Waals surface area contributed by atoms with E-state index in [-0.39, 0.29) is 18.1 Å². The van der Waals surface area contributed by atoms with Crippen LogP contribution < -0.4 is 0 Å². The lowest BCUT2D eigenvalue weighted by Gasteiger charge is -2.31. The average molecular weight is 280 g/mol. The summed E-state index contributed by atoms with van der Waals surface area (Å²) < 4.78 is 1.35. The summed E-state index contributed by atoms with van der Waals surface area (Å²) in [6, 6.07) is 0.291. The van der Waals surface area contributed by atoms with Crippen LogP contribution in [-0.2, 0) is 11.3 Å². The Morgan fingerprint density at radius 3 is 2.55 bits per heavy atom. The van der Waals surface area contributed by atoms with Crippen LogP contribution >= 0.6 is 0 Å². The zero-order valence-corrected chi connectivity index (χ0v) is 11.9. The molecule has 0 aliphatic heterocycles. The monoisotopic (exact) mass is 280 g/mol. The highest BCUT2D eigenvalue weighted by atomic mass is 16.4. The molecule has 20 heavy (non-hydrogen) atoms. The molecule has 0 radical (unpaired) electrons. The Kier molecular flexibility index (Phi) is 4.36. The van der Waals surface area contributed by atoms with E-state index in [2.05, 4.69) is 10.3 Å². The van der Waals surface area contributed by atoms with E-state index in [1.807, 2.05) is 7.05 Å². The molecule has 0 bridgehead atoms. The zero-order chi connectivity index (χ0) is 14.7. The Morgan fingerprint density at radius 1 is 1.35 bits per heavy atom. The van der Waals surface area contributed by atoms with Crippen LogP contribution in [0, 0.1) is 6.92 Å². The first-order valence-electron chi connectivity index (χ1n) is 6.89. The van der Waals surface area contributed by atoms with Crippen LogP contribution in [0.3, 0.4) is 0 Å². The van der Waals surface area contributed by atoms with Crippen LogP contribution in [0.25, 0.3) is 0 Å². The van der Waals surface area contributed by atoms with Gasteiger partial charge in [-0.15, -0.1) is 5.10 Å². The van der Waals surface area contributed by atoms with Crippen LogP contribution in [0.1, 0.15) is 48.3 Å². The highest BCUT2D eigenvalue weighted by Gasteiger charge is 2.23. The first-order chi connectivity index (χ1) is 9.50. The van der Waals surface area contributed by atoms with Crippen molar-refractivity contribution in [2.45, 2.75) is 51.6 Å². The molecular weight excluding hydrogens is 260 g/mol. The molecule has 2 rings (SSSR count). The van der Waals surface area contributed by atoms with Gasteiger partial charge in [0.1, 0.15) is 6.54 Å². The second-order valence-corrected chi connectivity index (χ2v) is 5.28. The molecule has 0 saturated heterocycles. The van der Waals surface area contributed by atoms with Gasteiger partial charge < -0.3 is 10.0 Å². The molecule has 1 heterocycles. The lowest BCUT2D eigenvalue weighted by atomic mass is 9.94. The summed E-state index contributed by atoms with van der Waals surface area (Å²) >= 11 is 0. The van der Waals surface area contributed by atoms with E-state index < -0.39 is 5.97 Å². The van der Waals surface area contributed by atoms with Crippen molar-refractivity contribution in [3.8, 4) is 0 Å². The third-order valence-corrected chi connectivity index (χ3v) is 3.99. The molecule has 110 valence electrons. The first kappa shape index (κ1) is 14.5. The van der Waals surface area contributed by atoms with Gasteiger partial charge in [0.25, 0.3) is 0 Å². The number of carbonyl (C=O) groups is 2. The number of carboxylic acids is 1. The normalized spacial score (nSPS) is 16.1. The number of aromatic carboxylic acids is 1. The van der Waals surface area contributed by atoms with Crippen molar-refractivity contribution in [3.63, 3.8) is 0 Å². The number of likely N-dealkylation sites (N-methyl/N-ethyl adjacent to an activating group) is 1. The second kappa shape index (κ2) is 6.02. The fourth-order valence-corrected chi connectivity index (χ4v) is 2.62. The van der Waals surface area contributed by atoms with Crippen molar-refractivity contribution >= 4 is 11.9 Å². The minimum absolute atomic E-state index is 0.0408. The Labute approximate surface area is 117 Å². The fourth-order valence-electron chi connectivity index (χ4n) is 2.62. The molecule has 0 unspecified atom stereocenters. The van der Waals surface area contributed by atoms with Crippen molar-refractivity contribution in [2.75, 3.05) is 7.05 Å². The van der Waals surface area contributed by atoms with Gasteiger partial charge in [0.15, 0.2) is 5.69 Å². The summed E-state index contributed by atoms with van der Waals surface area (Å²) in [6.07, 6.45) is 5.64. The molecule has 1 N–H and O–H groups in total. The number of aromatic nitrogens is 3. The standard InChI is InChI=1S/C13H20N4O3/c1-9-12(13(19)20)14-15-17(9)8-11(18)16(2)10-6-4-3-5-7-10/h10H,3-8H2,1-2H3,(H,19,20). The smallest absolute Gasteiger partial charge is 0.358 e. The molecule has 0 spiro atoms. The van der Waals surface area contributed by atoms with Crippen LogP contribution in [0.15, 0.2) is 0 Å². The number of carboxylic acid groups (broad SMARTS) is 1. The Bertz CT molecular complexity index is 506. The van der Waals surface area contributed by atoms with Crippen molar-refractivity contribution < 1.29 is 14.7 Å². The number of hydrogen-bond donors (Lipinski definition) is 1. The van der Waals surface area contributed by atoms with Gasteiger partial charge in [0.05, 0.1) is 5.69 Å². The average Bonchev–Trinajstić information content (AvgIpc) is 2.80. The zero-order valence-electron chi connectivity index (χ0n) is 11.9. The van der Waals surface area contributed by atoms with Gasteiger partial charge in [-0.05, 0) is 19.8 Å². The van der Waals surface area contributed by atoms with Crippen molar-refractivity contribution in [2.24, 2.45) is 0 Å². The quantitative estimate of drug-likeness (QED) is 0.891. The Morgan fingerprint density at radius 2 is 2.00 bits per heavy atom. The molecule has 0 aromatic carbocycles. The third kappa shape index (κ3) is 2.97. The molecule has 1 aliphatic rings. The van der Waals surface area contributed by atoms with Gasteiger partial charge in [-0.1, -0.05) is 24.5 Å². The van der Waals surface area contributed by atoms with Gasteiger partial charge in [0.2, 0.25) is 5.91 Å². The van der Waals surface area contributed by atoms with E-state index in [0.717, 1.165) is 25.7 Å². The molecule has 1 aromatic heterocycles. The summed E-state index contributed by atoms with van der Waals surface area (Å²) in [4.78, 5) is 24.9. The van der Waals surface area contributed by atoms with Crippen LogP contribution in [0.5, 0.6) is 0 Å². The van der Waals surface area contributed by atoms with Crippen LogP contribution in [0.2, 0.25) is 0 Å². The predicted molar refractivity (Wildman–Crippen MR) is 71.4 cm³/mol. The first-order valence-corrected chi connectivity index (χ1v) is 6.89. The maximum absolute atomic E-state index is 12.2. The Hall–Kier alpha value is -1.92. The molecule has 1 aliphatic carbocycles. The van der Waals surface area contributed by atoms with E-state index >= 15 is 0 Å². The number of carbonyl (C=O) groups excluding carboxylic acids is 1. The van der Waals surface area contributed by atoms with E-state index in [9.17, 15) is 9.59 Å². The van der Waals surface area contributed by atoms with Crippen molar-refractivity contribution in [3.05, 3.63) is 11.4 Å². The maximum atomic E-state index is 12.2. The summed E-state index contributed by atoms with van der Waals surface area (Å²) in [7, 11) is 1.81. The number of hydrogen-bond acceptors (Lipinski definition) is 4. The third-order valence-electron chi connectivity index (χ3n) is 3.99. The molecular formula is C13H20N4O3. The summed E-state index contributed by atoms with van der Waals surface area (Å²) in [5, 5.41) is 16.2. The SMILES string of the molecule is Cc1c(C(=O)O)nnn1CC(=O)N(C)C1CCCCC1. The Balaban J connectivity index is 2.02. The molecule has 0 atom stereocenters. The lowest BCUT2D eigenvalue weighted by molar-refractivity contribution is -0.133. The van der Waals surface area contributed by atoms with Crippen molar-refractivity contribution in [1.29, 1.82) is 0 Å². The van der Waals surface area contributed by atoms with Crippen LogP contribution in [0.4, 0.5) is 0 Å². The van der Waals surface area contributed by atoms with Crippen molar-refractivity contribution in [1.82, 2.24) is 19.9 Å². The summed E-state index contributed by atoms with van der Waals surface area (Å²) in [5.41, 5.74) is 0.306. The largest absolute Gasteiger partial charge is 0.476 e. The number of nitrogens with zero attached hydrogens (tertiary/aromatic N) is 4. The number of amides is 1. The van der Waals surface area contributed by atoms with E-state index in [4.69, 9.17) is 5.11 Å². The summed E-state index contributed by atoms with van der Waals surface area (Å²) in [6.45, 7) is 1.65. The molecule has 1 aromatic rings. The topological polar surface area (TPSA) is 88.3 Å². The molecule has 1 amide bonds. The predicted octanol–water partition coefficient (Wildman–Crippen LogP) is 1.08. The lowest BCUT2D eigenvalue weighted by Crippen LogP contribution is -2.40. The minimum atomic E-state index is -1.12. The van der Waals surface area contributed by atoms with Gasteiger partial charge in [0, 0.05) is 13.1 Å². The van der Waals surface area contributed by atoms with Crippen LogP contribution in [-0.4, -0.2) is 50.0 Å². The molecule has 7 heteroatoms. The maximum Gasteiger partial charge on any atom is 0.358 e. The second-order valence-electron chi connectivity index (χ2n) is 5.28. The van der Waals surface area contributed by atoms with E-state index in [0.29, 0.717) is 11.7 Å². The van der Waals surface area contributed by atoms with E-state index in [1.54, 1.807) is 11.8 Å². The fraction of sp³-hybridized carbons (Fsp3) is 0.692. The van der Waals surface area contributed by atoms with Gasteiger partial charge in [-0.3, -0.25) is 4.79 Å². The van der Waals surface area contributed by atoms with Gasteiger partial charge in [-0.25, -0.2) is 9.48 Å². The minimum Gasteiger partial charge on any atom is -0.476 e. The molecule has 1 saturated carbocycles. The molecule has 7 nitrogen and oxygen atoms in total. The molecule has 1 fully saturated rings.